The normalized spacial score (nSPS) is 16.9. The van der Waals surface area contributed by atoms with Crippen molar-refractivity contribution >= 4 is 17.6 Å². The zero-order valence-electron chi connectivity index (χ0n) is 9.50. The topological polar surface area (TPSA) is 26.3 Å². The molecule has 2 rings (SSSR count). The van der Waals surface area contributed by atoms with Gasteiger partial charge in [0.05, 0.1) is 13.0 Å². The van der Waals surface area contributed by atoms with Crippen LogP contribution in [0.3, 0.4) is 0 Å². The molecular formula is C13H15ClO2. The predicted molar refractivity (Wildman–Crippen MR) is 63.7 cm³/mol. The Morgan fingerprint density at radius 1 is 1.50 bits per heavy atom. The van der Waals surface area contributed by atoms with Gasteiger partial charge in [0.25, 0.3) is 0 Å². The van der Waals surface area contributed by atoms with Crippen LogP contribution in [-0.2, 0) is 9.53 Å². The van der Waals surface area contributed by atoms with Gasteiger partial charge in [0, 0.05) is 5.02 Å². The van der Waals surface area contributed by atoms with Gasteiger partial charge in [0.15, 0.2) is 0 Å². The summed E-state index contributed by atoms with van der Waals surface area (Å²) in [6, 6.07) is 5.79. The van der Waals surface area contributed by atoms with Crippen LogP contribution in [0.5, 0.6) is 0 Å². The van der Waals surface area contributed by atoms with Gasteiger partial charge in [0.2, 0.25) is 0 Å². The number of aryl methyl sites for hydroxylation is 1. The molecule has 2 nitrogen and oxygen atoms in total. The monoisotopic (exact) mass is 238 g/mol. The van der Waals surface area contributed by atoms with Crippen molar-refractivity contribution in [1.82, 2.24) is 0 Å². The Balaban J connectivity index is 2.37. The van der Waals surface area contributed by atoms with Gasteiger partial charge in [-0.2, -0.15) is 0 Å². The van der Waals surface area contributed by atoms with Gasteiger partial charge in [-0.15, -0.1) is 0 Å². The van der Waals surface area contributed by atoms with Gasteiger partial charge in [0.1, 0.15) is 0 Å². The Labute approximate surface area is 101 Å². The minimum atomic E-state index is -0.183. The summed E-state index contributed by atoms with van der Waals surface area (Å²) < 4.78 is 4.87. The van der Waals surface area contributed by atoms with Crippen molar-refractivity contribution in [2.45, 2.75) is 25.7 Å². The van der Waals surface area contributed by atoms with Crippen molar-refractivity contribution in [3.63, 3.8) is 0 Å². The molecule has 0 aromatic heterocycles. The average molecular weight is 239 g/mol. The van der Waals surface area contributed by atoms with Crippen LogP contribution in [-0.4, -0.2) is 13.1 Å². The minimum Gasteiger partial charge on any atom is -0.469 e. The summed E-state index contributed by atoms with van der Waals surface area (Å²) in [5.74, 6) is 0.0548. The number of halogens is 1. The van der Waals surface area contributed by atoms with Crippen LogP contribution < -0.4 is 0 Å². The zero-order valence-corrected chi connectivity index (χ0v) is 10.3. The number of ether oxygens (including phenoxy) is 1. The molecule has 1 atom stereocenters. The summed E-state index contributed by atoms with van der Waals surface area (Å²) in [5.41, 5.74) is 2.03. The Kier molecular flexibility index (Phi) is 3.20. The SMILES string of the molecule is COC(=O)C(c1cc(C)ccc1Cl)C1CC1. The van der Waals surface area contributed by atoms with Gasteiger partial charge in [-0.05, 0) is 37.3 Å². The van der Waals surface area contributed by atoms with Crippen LogP contribution in [0.15, 0.2) is 18.2 Å². The molecule has 1 unspecified atom stereocenters. The van der Waals surface area contributed by atoms with Crippen molar-refractivity contribution in [2.24, 2.45) is 5.92 Å². The van der Waals surface area contributed by atoms with E-state index in [9.17, 15) is 4.79 Å². The lowest BCUT2D eigenvalue weighted by Gasteiger charge is -2.16. The van der Waals surface area contributed by atoms with E-state index >= 15 is 0 Å². The molecule has 0 spiro atoms. The maximum absolute atomic E-state index is 11.8. The summed E-state index contributed by atoms with van der Waals surface area (Å²) >= 11 is 6.16. The predicted octanol–water partition coefficient (Wildman–Crippen LogP) is 3.32. The lowest BCUT2D eigenvalue weighted by Crippen LogP contribution is -2.16. The maximum Gasteiger partial charge on any atom is 0.313 e. The maximum atomic E-state index is 11.8. The fraction of sp³-hybridized carbons (Fsp3) is 0.462. The highest BCUT2D eigenvalue weighted by Gasteiger charge is 2.39. The van der Waals surface area contributed by atoms with E-state index in [0.29, 0.717) is 10.9 Å². The molecule has 1 aliphatic rings. The van der Waals surface area contributed by atoms with Gasteiger partial charge in [-0.3, -0.25) is 4.79 Å². The van der Waals surface area contributed by atoms with Crippen molar-refractivity contribution in [1.29, 1.82) is 0 Å². The summed E-state index contributed by atoms with van der Waals surface area (Å²) in [6.07, 6.45) is 2.17. The van der Waals surface area contributed by atoms with E-state index in [2.05, 4.69) is 0 Å². The molecule has 0 heterocycles. The first-order valence-electron chi connectivity index (χ1n) is 5.47. The molecule has 1 fully saturated rings. The molecule has 0 N–H and O–H groups in total. The van der Waals surface area contributed by atoms with Crippen LogP contribution in [0, 0.1) is 12.8 Å². The van der Waals surface area contributed by atoms with Gasteiger partial charge >= 0.3 is 5.97 Å². The van der Waals surface area contributed by atoms with Crippen molar-refractivity contribution in [3.05, 3.63) is 34.3 Å². The Morgan fingerprint density at radius 3 is 2.75 bits per heavy atom. The molecule has 1 aromatic carbocycles. The first kappa shape index (κ1) is 11.5. The molecule has 0 radical (unpaired) electrons. The molecule has 1 saturated carbocycles. The highest BCUT2D eigenvalue weighted by atomic mass is 35.5. The second-order valence-electron chi connectivity index (χ2n) is 4.36. The molecular weight excluding hydrogens is 224 g/mol. The van der Waals surface area contributed by atoms with Gasteiger partial charge < -0.3 is 4.74 Å². The quantitative estimate of drug-likeness (QED) is 0.756. The molecule has 16 heavy (non-hydrogen) atoms. The smallest absolute Gasteiger partial charge is 0.313 e. The van der Waals surface area contributed by atoms with Crippen LogP contribution in [0.2, 0.25) is 5.02 Å². The number of methoxy groups -OCH3 is 1. The summed E-state index contributed by atoms with van der Waals surface area (Å²) in [5, 5.41) is 0.660. The molecule has 0 aliphatic heterocycles. The lowest BCUT2D eigenvalue weighted by atomic mass is 9.93. The molecule has 0 saturated heterocycles. The van der Waals surface area contributed by atoms with Crippen molar-refractivity contribution in [2.75, 3.05) is 7.11 Å². The Bertz CT molecular complexity index is 410. The fourth-order valence-corrected chi connectivity index (χ4v) is 2.27. The largest absolute Gasteiger partial charge is 0.469 e. The molecule has 1 aliphatic carbocycles. The van der Waals surface area contributed by atoms with Gasteiger partial charge in [-0.1, -0.05) is 29.3 Å². The van der Waals surface area contributed by atoms with Crippen LogP contribution in [0.4, 0.5) is 0 Å². The number of benzene rings is 1. The summed E-state index contributed by atoms with van der Waals surface area (Å²) in [4.78, 5) is 11.8. The van der Waals surface area contributed by atoms with E-state index in [1.165, 1.54) is 7.11 Å². The number of rotatable bonds is 3. The zero-order chi connectivity index (χ0) is 11.7. The second kappa shape index (κ2) is 4.46. The highest BCUT2D eigenvalue weighted by Crippen LogP contribution is 2.45. The van der Waals surface area contributed by atoms with Crippen LogP contribution in [0.1, 0.15) is 29.9 Å². The minimum absolute atomic E-state index is 0.171. The Morgan fingerprint density at radius 2 is 2.19 bits per heavy atom. The molecule has 3 heteroatoms. The van der Waals surface area contributed by atoms with E-state index in [-0.39, 0.29) is 11.9 Å². The van der Waals surface area contributed by atoms with Gasteiger partial charge in [-0.25, -0.2) is 0 Å². The van der Waals surface area contributed by atoms with Crippen LogP contribution in [0.25, 0.3) is 0 Å². The summed E-state index contributed by atoms with van der Waals surface area (Å²) in [6.45, 7) is 2.00. The van der Waals surface area contributed by atoms with E-state index < -0.39 is 0 Å². The number of hydrogen-bond donors (Lipinski definition) is 0. The Hall–Kier alpha value is -1.02. The molecule has 0 bridgehead atoms. The van der Waals surface area contributed by atoms with Crippen molar-refractivity contribution in [3.8, 4) is 0 Å². The first-order valence-corrected chi connectivity index (χ1v) is 5.85. The average Bonchev–Trinajstić information content (AvgIpc) is 3.07. The molecule has 0 amide bonds. The van der Waals surface area contributed by atoms with Crippen molar-refractivity contribution < 1.29 is 9.53 Å². The third kappa shape index (κ3) is 2.22. The fourth-order valence-electron chi connectivity index (χ4n) is 2.03. The van der Waals surface area contributed by atoms with E-state index in [1.807, 2.05) is 25.1 Å². The lowest BCUT2D eigenvalue weighted by molar-refractivity contribution is -0.143. The van der Waals surface area contributed by atoms with Crippen LogP contribution >= 0.6 is 11.6 Å². The van der Waals surface area contributed by atoms with E-state index in [1.54, 1.807) is 0 Å². The highest BCUT2D eigenvalue weighted by molar-refractivity contribution is 6.31. The van der Waals surface area contributed by atoms with E-state index in [4.69, 9.17) is 16.3 Å². The standard InChI is InChI=1S/C13H15ClO2/c1-8-3-6-11(14)10(7-8)12(9-4-5-9)13(15)16-2/h3,6-7,9,12H,4-5H2,1-2H3. The molecule has 1 aromatic rings. The number of hydrogen-bond acceptors (Lipinski definition) is 2. The molecule has 86 valence electrons. The number of esters is 1. The first-order chi connectivity index (χ1) is 7.63. The third-order valence-corrected chi connectivity index (χ3v) is 3.38. The number of carbonyl (C=O) groups is 1. The number of carbonyl (C=O) groups excluding carboxylic acids is 1. The summed E-state index contributed by atoms with van der Waals surface area (Å²) in [7, 11) is 1.43. The second-order valence-corrected chi connectivity index (χ2v) is 4.77. The third-order valence-electron chi connectivity index (χ3n) is 3.04. The van der Waals surface area contributed by atoms with E-state index in [0.717, 1.165) is 24.0 Å².